The first kappa shape index (κ1) is 20.7. The fraction of sp³-hybridized carbons (Fsp3) is 0.375. The standard InChI is InChI=1S/C10H8N2O2.C6H8N2O2/c13-7-11-5-9-2-1-3-10(4-9)6-12-8-14;9-5-7-3-1-2-4-8-6-10/h1-4H,5-6H2;1-4H2. The lowest BCUT2D eigenvalue weighted by atomic mass is 10.1. The fourth-order valence-corrected chi connectivity index (χ4v) is 1.55. The third kappa shape index (κ3) is 12.5. The number of unbranched alkanes of at least 4 members (excludes halogenated alkanes) is 1. The summed E-state index contributed by atoms with van der Waals surface area (Å²) in [6.45, 7) is 1.56. The monoisotopic (exact) mass is 328 g/mol. The van der Waals surface area contributed by atoms with Crippen molar-refractivity contribution in [3.05, 3.63) is 35.4 Å². The molecule has 8 heteroatoms. The molecule has 1 aromatic rings. The highest BCUT2D eigenvalue weighted by atomic mass is 16.1. The molecule has 1 rings (SSSR count). The lowest BCUT2D eigenvalue weighted by molar-refractivity contribution is 0.559. The Morgan fingerprint density at radius 3 is 1.46 bits per heavy atom. The van der Waals surface area contributed by atoms with E-state index in [9.17, 15) is 19.2 Å². The van der Waals surface area contributed by atoms with Gasteiger partial charge in [0.15, 0.2) is 0 Å². The van der Waals surface area contributed by atoms with Crippen LogP contribution in [0.25, 0.3) is 0 Å². The Morgan fingerprint density at radius 2 is 1.08 bits per heavy atom. The Hall–Kier alpha value is -3.26. The summed E-state index contributed by atoms with van der Waals surface area (Å²) in [5, 5.41) is 0. The quantitative estimate of drug-likeness (QED) is 0.390. The average Bonchev–Trinajstić information content (AvgIpc) is 2.62. The number of benzene rings is 1. The Kier molecular flexibility index (Phi) is 13.9. The van der Waals surface area contributed by atoms with Crippen molar-refractivity contribution in [1.29, 1.82) is 0 Å². The van der Waals surface area contributed by atoms with Crippen LogP contribution in [0.2, 0.25) is 0 Å². The van der Waals surface area contributed by atoms with E-state index >= 15 is 0 Å². The van der Waals surface area contributed by atoms with E-state index in [4.69, 9.17) is 0 Å². The molecule has 24 heavy (non-hydrogen) atoms. The van der Waals surface area contributed by atoms with E-state index in [-0.39, 0.29) is 0 Å². The van der Waals surface area contributed by atoms with Crippen molar-refractivity contribution in [3.8, 4) is 0 Å². The van der Waals surface area contributed by atoms with E-state index in [0.717, 1.165) is 24.0 Å². The van der Waals surface area contributed by atoms with Gasteiger partial charge in [0.25, 0.3) is 0 Å². The topological polar surface area (TPSA) is 118 Å². The molecule has 0 unspecified atom stereocenters. The summed E-state index contributed by atoms with van der Waals surface area (Å²) in [5.41, 5.74) is 1.79. The van der Waals surface area contributed by atoms with Crippen LogP contribution in [-0.4, -0.2) is 37.4 Å². The molecule has 0 radical (unpaired) electrons. The number of rotatable bonds is 9. The van der Waals surface area contributed by atoms with Crippen molar-refractivity contribution in [1.82, 2.24) is 0 Å². The molecule has 124 valence electrons. The predicted octanol–water partition coefficient (Wildman–Crippen LogP) is 1.80. The molecule has 0 aromatic heterocycles. The van der Waals surface area contributed by atoms with Crippen molar-refractivity contribution in [2.45, 2.75) is 25.9 Å². The Balaban J connectivity index is 0.000000470. The van der Waals surface area contributed by atoms with Crippen molar-refractivity contribution < 1.29 is 19.2 Å². The minimum Gasteiger partial charge on any atom is -0.211 e. The van der Waals surface area contributed by atoms with E-state index in [0.29, 0.717) is 26.2 Å². The zero-order valence-corrected chi connectivity index (χ0v) is 13.0. The first-order chi connectivity index (χ1) is 11.8. The normalized spacial score (nSPS) is 8.17. The molecular formula is C16H16N4O4. The highest BCUT2D eigenvalue weighted by molar-refractivity contribution is 5.35. The van der Waals surface area contributed by atoms with Crippen LogP contribution in [0.15, 0.2) is 44.2 Å². The second kappa shape index (κ2) is 16.1. The SMILES string of the molecule is O=C=NCCCCN=C=O.O=C=NCc1cccc(CN=C=O)c1. The Morgan fingerprint density at radius 1 is 0.667 bits per heavy atom. The summed E-state index contributed by atoms with van der Waals surface area (Å²) in [7, 11) is 0. The maximum Gasteiger partial charge on any atom is 0.235 e. The number of isocyanates is 4. The zero-order valence-electron chi connectivity index (χ0n) is 13.0. The Bertz CT molecular complexity index is 624. The summed E-state index contributed by atoms with van der Waals surface area (Å²) in [5.74, 6) is 0. The molecule has 0 saturated carbocycles. The number of carbonyl (C=O) groups excluding carboxylic acids is 4. The zero-order chi connectivity index (χ0) is 17.9. The van der Waals surface area contributed by atoms with Crippen LogP contribution in [0, 0.1) is 0 Å². The molecule has 0 amide bonds. The van der Waals surface area contributed by atoms with Gasteiger partial charge < -0.3 is 0 Å². The van der Waals surface area contributed by atoms with Gasteiger partial charge in [-0.15, -0.1) is 0 Å². The molecule has 1 aromatic carbocycles. The van der Waals surface area contributed by atoms with Crippen molar-refractivity contribution in [3.63, 3.8) is 0 Å². The highest BCUT2D eigenvalue weighted by Crippen LogP contribution is 2.07. The van der Waals surface area contributed by atoms with Crippen molar-refractivity contribution in [2.24, 2.45) is 20.0 Å². The molecule has 0 spiro atoms. The molecule has 8 nitrogen and oxygen atoms in total. The maximum absolute atomic E-state index is 9.87. The average molecular weight is 328 g/mol. The summed E-state index contributed by atoms with van der Waals surface area (Å²) in [4.78, 5) is 52.3. The predicted molar refractivity (Wildman–Crippen MR) is 85.3 cm³/mol. The van der Waals surface area contributed by atoms with Crippen LogP contribution in [-0.2, 0) is 32.3 Å². The first-order valence-corrected chi connectivity index (χ1v) is 7.00. The molecule has 0 atom stereocenters. The number of aliphatic imine (C=N–C) groups is 4. The summed E-state index contributed by atoms with van der Waals surface area (Å²) >= 11 is 0. The van der Waals surface area contributed by atoms with Gasteiger partial charge in [0.2, 0.25) is 24.3 Å². The van der Waals surface area contributed by atoms with Gasteiger partial charge in [0, 0.05) is 0 Å². The summed E-state index contributed by atoms with van der Waals surface area (Å²) < 4.78 is 0. The van der Waals surface area contributed by atoms with Crippen LogP contribution in [0.5, 0.6) is 0 Å². The Labute approximate surface area is 138 Å². The van der Waals surface area contributed by atoms with E-state index in [2.05, 4.69) is 20.0 Å². The smallest absolute Gasteiger partial charge is 0.211 e. The van der Waals surface area contributed by atoms with Gasteiger partial charge in [0.1, 0.15) is 0 Å². The van der Waals surface area contributed by atoms with Gasteiger partial charge in [-0.25, -0.2) is 39.1 Å². The van der Waals surface area contributed by atoms with E-state index < -0.39 is 0 Å². The fourth-order valence-electron chi connectivity index (χ4n) is 1.55. The molecule has 0 fully saturated rings. The second-order valence-corrected chi connectivity index (χ2v) is 4.29. The van der Waals surface area contributed by atoms with Crippen LogP contribution in [0.3, 0.4) is 0 Å². The van der Waals surface area contributed by atoms with Crippen molar-refractivity contribution >= 4 is 24.3 Å². The van der Waals surface area contributed by atoms with Gasteiger partial charge in [-0.3, -0.25) is 0 Å². The number of hydrogen-bond acceptors (Lipinski definition) is 8. The largest absolute Gasteiger partial charge is 0.235 e. The molecule has 0 saturated heterocycles. The minimum absolute atomic E-state index is 0.308. The van der Waals surface area contributed by atoms with Gasteiger partial charge in [-0.1, -0.05) is 24.3 Å². The van der Waals surface area contributed by atoms with Gasteiger partial charge >= 0.3 is 0 Å². The van der Waals surface area contributed by atoms with Gasteiger partial charge in [-0.05, 0) is 24.0 Å². The molecule has 0 aliphatic rings. The molecular weight excluding hydrogens is 312 g/mol. The van der Waals surface area contributed by atoms with E-state index in [1.807, 2.05) is 24.3 Å². The molecule has 0 bridgehead atoms. The van der Waals surface area contributed by atoms with Crippen LogP contribution in [0.4, 0.5) is 0 Å². The third-order valence-electron chi connectivity index (χ3n) is 2.56. The third-order valence-corrected chi connectivity index (χ3v) is 2.56. The lowest BCUT2D eigenvalue weighted by Gasteiger charge is -1.98. The molecule has 0 aliphatic heterocycles. The molecule has 0 heterocycles. The molecule has 0 aliphatic carbocycles. The summed E-state index contributed by atoms with van der Waals surface area (Å²) in [6, 6.07) is 7.34. The first-order valence-electron chi connectivity index (χ1n) is 7.00. The van der Waals surface area contributed by atoms with E-state index in [1.54, 1.807) is 0 Å². The highest BCUT2D eigenvalue weighted by Gasteiger charge is 1.94. The van der Waals surface area contributed by atoms with Crippen LogP contribution < -0.4 is 0 Å². The van der Waals surface area contributed by atoms with Crippen molar-refractivity contribution in [2.75, 3.05) is 13.1 Å². The van der Waals surface area contributed by atoms with E-state index in [1.165, 1.54) is 24.3 Å². The van der Waals surface area contributed by atoms with Gasteiger partial charge in [-0.2, -0.15) is 0 Å². The summed E-state index contributed by atoms with van der Waals surface area (Å²) in [6.07, 6.45) is 7.32. The van der Waals surface area contributed by atoms with Crippen LogP contribution >= 0.6 is 0 Å². The minimum atomic E-state index is 0.308. The lowest BCUT2D eigenvalue weighted by Crippen LogP contribution is -1.85. The van der Waals surface area contributed by atoms with Gasteiger partial charge in [0.05, 0.1) is 26.2 Å². The maximum atomic E-state index is 9.87. The number of hydrogen-bond donors (Lipinski definition) is 0. The van der Waals surface area contributed by atoms with Crippen LogP contribution in [0.1, 0.15) is 24.0 Å². The second-order valence-electron chi connectivity index (χ2n) is 4.29. The number of nitrogens with zero attached hydrogens (tertiary/aromatic N) is 4. The molecule has 0 N–H and O–H groups in total.